The topological polar surface area (TPSA) is 81.7 Å². The van der Waals surface area contributed by atoms with E-state index in [2.05, 4.69) is 5.32 Å². The fraction of sp³-hybridized carbons (Fsp3) is 0.200. The van der Waals surface area contributed by atoms with Gasteiger partial charge in [-0.15, -0.1) is 0 Å². The van der Waals surface area contributed by atoms with Gasteiger partial charge in [0.15, 0.2) is 0 Å². The van der Waals surface area contributed by atoms with Crippen molar-refractivity contribution in [3.05, 3.63) is 71.3 Å². The van der Waals surface area contributed by atoms with Crippen molar-refractivity contribution >= 4 is 23.6 Å². The molecule has 1 unspecified atom stereocenters. The smallest absolute Gasteiger partial charge is 0.267 e. The van der Waals surface area contributed by atoms with Crippen LogP contribution in [0.2, 0.25) is 0 Å². The number of nitrogens with one attached hydrogen (secondary N) is 2. The van der Waals surface area contributed by atoms with Crippen LogP contribution in [0.4, 0.5) is 5.69 Å². The summed E-state index contributed by atoms with van der Waals surface area (Å²) in [6.07, 6.45) is 2.83. The summed E-state index contributed by atoms with van der Waals surface area (Å²) in [5.41, 5.74) is 5.26. The normalized spacial score (nSPS) is 11.8. The summed E-state index contributed by atoms with van der Waals surface area (Å²) in [7, 11) is 3.94. The first kappa shape index (κ1) is 19.2. The van der Waals surface area contributed by atoms with Gasteiger partial charge in [-0.25, -0.2) is 5.48 Å². The lowest BCUT2D eigenvalue weighted by molar-refractivity contribution is -0.124. The number of carbonyl (C=O) groups excluding carboxylic acids is 2. The number of hydrogen-bond donors (Lipinski definition) is 3. The Labute approximate surface area is 153 Å². The molecule has 3 N–H and O–H groups in total. The van der Waals surface area contributed by atoms with Crippen LogP contribution in [-0.4, -0.2) is 31.1 Å². The van der Waals surface area contributed by atoms with Crippen molar-refractivity contribution in [3.8, 4) is 0 Å². The summed E-state index contributed by atoms with van der Waals surface area (Å²) in [4.78, 5) is 24.9. The Morgan fingerprint density at radius 2 is 1.77 bits per heavy atom. The predicted molar refractivity (Wildman–Crippen MR) is 102 cm³/mol. The molecule has 6 nitrogen and oxygen atoms in total. The highest BCUT2D eigenvalue weighted by Gasteiger charge is 2.15. The van der Waals surface area contributed by atoms with Crippen molar-refractivity contribution in [3.63, 3.8) is 0 Å². The van der Waals surface area contributed by atoms with E-state index < -0.39 is 5.91 Å². The lowest BCUT2D eigenvalue weighted by atomic mass is 9.96. The van der Waals surface area contributed by atoms with Gasteiger partial charge >= 0.3 is 0 Å². The molecule has 0 aliphatic rings. The van der Waals surface area contributed by atoms with E-state index in [-0.39, 0.29) is 11.9 Å². The monoisotopic (exact) mass is 353 g/mol. The molecule has 2 rings (SSSR count). The number of nitrogens with zero attached hydrogens (tertiary/aromatic N) is 1. The molecule has 2 amide bonds. The lowest BCUT2D eigenvalue weighted by Crippen LogP contribution is -2.27. The lowest BCUT2D eigenvalue weighted by Gasteiger charge is -2.21. The molecule has 136 valence electrons. The van der Waals surface area contributed by atoms with Crippen molar-refractivity contribution in [2.75, 3.05) is 19.0 Å². The standard InChI is InChI=1S/C20H23N3O3/c1-14(24)21-20(16-8-10-18(11-9-16)23(2)3)17-6-4-5-15(13-17)7-12-19(25)22-26/h4-13,20,26H,1-3H3,(H,21,24)(H,22,25)/b12-7+. The van der Waals surface area contributed by atoms with E-state index in [1.165, 1.54) is 13.0 Å². The minimum absolute atomic E-state index is 0.132. The zero-order valence-corrected chi connectivity index (χ0v) is 15.1. The summed E-state index contributed by atoms with van der Waals surface area (Å²) in [6, 6.07) is 15.2. The van der Waals surface area contributed by atoms with E-state index in [1.54, 1.807) is 11.6 Å². The Bertz CT molecular complexity index is 798. The molecule has 0 heterocycles. The van der Waals surface area contributed by atoms with E-state index in [0.29, 0.717) is 0 Å². The second-order valence-electron chi connectivity index (χ2n) is 6.10. The number of amides is 2. The number of rotatable bonds is 6. The third-order valence-electron chi connectivity index (χ3n) is 3.87. The third kappa shape index (κ3) is 5.19. The van der Waals surface area contributed by atoms with E-state index in [9.17, 15) is 9.59 Å². The van der Waals surface area contributed by atoms with Gasteiger partial charge in [-0.05, 0) is 41.0 Å². The van der Waals surface area contributed by atoms with Crippen molar-refractivity contribution < 1.29 is 14.8 Å². The first-order valence-corrected chi connectivity index (χ1v) is 8.17. The quantitative estimate of drug-likeness (QED) is 0.423. The molecule has 0 fully saturated rings. The fourth-order valence-electron chi connectivity index (χ4n) is 2.58. The highest BCUT2D eigenvalue weighted by Crippen LogP contribution is 2.25. The Morgan fingerprint density at radius 3 is 2.35 bits per heavy atom. The Kier molecular flexibility index (Phi) is 6.52. The summed E-state index contributed by atoms with van der Waals surface area (Å²) in [5.74, 6) is -0.736. The molecule has 1 atom stereocenters. The highest BCUT2D eigenvalue weighted by molar-refractivity contribution is 5.90. The molecule has 6 heteroatoms. The second-order valence-corrected chi connectivity index (χ2v) is 6.10. The average molecular weight is 353 g/mol. The van der Waals surface area contributed by atoms with Crippen molar-refractivity contribution in [2.45, 2.75) is 13.0 Å². The maximum atomic E-state index is 11.7. The molecule has 0 saturated heterocycles. The first-order valence-electron chi connectivity index (χ1n) is 8.17. The van der Waals surface area contributed by atoms with E-state index in [1.807, 2.05) is 67.5 Å². The summed E-state index contributed by atoms with van der Waals surface area (Å²) >= 11 is 0. The zero-order valence-electron chi connectivity index (χ0n) is 15.1. The van der Waals surface area contributed by atoms with Crippen LogP contribution in [0.15, 0.2) is 54.6 Å². The van der Waals surface area contributed by atoms with Crippen LogP contribution in [0, 0.1) is 0 Å². The minimum Gasteiger partial charge on any atom is -0.378 e. The molecule has 0 aliphatic heterocycles. The Balaban J connectivity index is 2.36. The number of anilines is 1. The average Bonchev–Trinajstić information content (AvgIpc) is 2.64. The molecule has 0 aliphatic carbocycles. The van der Waals surface area contributed by atoms with Crippen LogP contribution in [0.5, 0.6) is 0 Å². The van der Waals surface area contributed by atoms with Gasteiger partial charge in [0.2, 0.25) is 5.91 Å². The van der Waals surface area contributed by atoms with Gasteiger partial charge in [-0.1, -0.05) is 30.3 Å². The number of hydroxylamine groups is 1. The van der Waals surface area contributed by atoms with Gasteiger partial charge in [-0.3, -0.25) is 14.8 Å². The maximum absolute atomic E-state index is 11.7. The molecule has 0 radical (unpaired) electrons. The minimum atomic E-state index is -0.604. The van der Waals surface area contributed by atoms with E-state index in [4.69, 9.17) is 5.21 Å². The molecule has 0 bridgehead atoms. The number of hydrogen-bond acceptors (Lipinski definition) is 4. The second kappa shape index (κ2) is 8.82. The predicted octanol–water partition coefficient (Wildman–Crippen LogP) is 2.50. The van der Waals surface area contributed by atoms with Crippen LogP contribution >= 0.6 is 0 Å². The molecule has 2 aromatic rings. The van der Waals surface area contributed by atoms with E-state index in [0.717, 1.165) is 22.4 Å². The third-order valence-corrected chi connectivity index (χ3v) is 3.87. The van der Waals surface area contributed by atoms with Crippen LogP contribution in [0.25, 0.3) is 6.08 Å². The van der Waals surface area contributed by atoms with Crippen LogP contribution in [-0.2, 0) is 9.59 Å². The van der Waals surface area contributed by atoms with Crippen molar-refractivity contribution in [1.82, 2.24) is 10.8 Å². The number of carbonyl (C=O) groups is 2. The van der Waals surface area contributed by atoms with Gasteiger partial charge in [0.1, 0.15) is 0 Å². The van der Waals surface area contributed by atoms with Crippen LogP contribution in [0.3, 0.4) is 0 Å². The van der Waals surface area contributed by atoms with Crippen LogP contribution < -0.4 is 15.7 Å². The fourth-order valence-corrected chi connectivity index (χ4v) is 2.58. The van der Waals surface area contributed by atoms with Gasteiger partial charge in [-0.2, -0.15) is 0 Å². The largest absolute Gasteiger partial charge is 0.378 e. The molecular formula is C20H23N3O3. The molecule has 2 aromatic carbocycles. The summed E-state index contributed by atoms with van der Waals surface area (Å²) < 4.78 is 0. The van der Waals surface area contributed by atoms with Crippen LogP contribution in [0.1, 0.15) is 29.7 Å². The highest BCUT2D eigenvalue weighted by atomic mass is 16.5. The maximum Gasteiger partial charge on any atom is 0.267 e. The molecule has 0 saturated carbocycles. The van der Waals surface area contributed by atoms with Gasteiger partial charge in [0.05, 0.1) is 6.04 Å². The molecule has 0 spiro atoms. The summed E-state index contributed by atoms with van der Waals surface area (Å²) in [6.45, 7) is 1.48. The number of benzene rings is 2. The van der Waals surface area contributed by atoms with Gasteiger partial charge in [0, 0.05) is 32.8 Å². The first-order chi connectivity index (χ1) is 12.4. The van der Waals surface area contributed by atoms with Gasteiger partial charge in [0.25, 0.3) is 5.91 Å². The van der Waals surface area contributed by atoms with E-state index >= 15 is 0 Å². The molecule has 0 aromatic heterocycles. The van der Waals surface area contributed by atoms with Crippen molar-refractivity contribution in [1.29, 1.82) is 0 Å². The molecular weight excluding hydrogens is 330 g/mol. The van der Waals surface area contributed by atoms with Gasteiger partial charge < -0.3 is 10.2 Å². The van der Waals surface area contributed by atoms with Crippen molar-refractivity contribution in [2.24, 2.45) is 0 Å². The molecule has 26 heavy (non-hydrogen) atoms. The SMILES string of the molecule is CC(=O)NC(c1ccc(N(C)C)cc1)c1cccc(/C=C/C(=O)NO)c1. The zero-order chi connectivity index (χ0) is 19.1. The summed E-state index contributed by atoms with van der Waals surface area (Å²) in [5, 5.41) is 11.5. The Hall–Kier alpha value is -3.12. The Morgan fingerprint density at radius 1 is 1.08 bits per heavy atom.